The van der Waals surface area contributed by atoms with Crippen molar-refractivity contribution in [1.82, 2.24) is 14.6 Å². The summed E-state index contributed by atoms with van der Waals surface area (Å²) in [6.07, 6.45) is 1.62. The van der Waals surface area contributed by atoms with Crippen molar-refractivity contribution in [3.63, 3.8) is 0 Å². The van der Waals surface area contributed by atoms with Crippen LogP contribution in [0.25, 0.3) is 5.65 Å². The number of aromatic nitrogens is 3. The summed E-state index contributed by atoms with van der Waals surface area (Å²) >= 11 is 8.97. The Morgan fingerprint density at radius 3 is 3.08 bits per heavy atom. The smallest absolute Gasteiger partial charge is 0.173 e. The highest BCUT2D eigenvalue weighted by Gasteiger charge is 2.05. The lowest BCUT2D eigenvalue weighted by Gasteiger charge is -1.98. The molecule has 0 aliphatic carbocycles. The average Bonchev–Trinajstić information content (AvgIpc) is 2.33. The van der Waals surface area contributed by atoms with Gasteiger partial charge in [-0.15, -0.1) is 0 Å². The highest BCUT2D eigenvalue weighted by atomic mass is 79.9. The van der Waals surface area contributed by atoms with Gasteiger partial charge in [0, 0.05) is 6.07 Å². The largest absolute Gasteiger partial charge is 0.383 e. The third-order valence-corrected chi connectivity index (χ3v) is 2.18. The number of nitrogens with zero attached hydrogens (tertiary/aromatic N) is 3. The van der Waals surface area contributed by atoms with Gasteiger partial charge in [0.05, 0.1) is 10.7 Å². The fourth-order valence-corrected chi connectivity index (χ4v) is 1.47. The summed E-state index contributed by atoms with van der Waals surface area (Å²) in [5, 5.41) is 4.34. The second-order valence-corrected chi connectivity index (χ2v) is 3.47. The number of nitrogens with two attached hydrogens (primary N) is 1. The molecule has 2 N–H and O–H groups in total. The minimum atomic E-state index is 0.362. The molecular weight excluding hydrogens is 243 g/mol. The summed E-state index contributed by atoms with van der Waals surface area (Å²) < 4.78 is 2.28. The van der Waals surface area contributed by atoms with E-state index < -0.39 is 0 Å². The molecular formula is C6H4BrClN4. The zero-order chi connectivity index (χ0) is 8.72. The van der Waals surface area contributed by atoms with Gasteiger partial charge in [0.2, 0.25) is 0 Å². The Bertz CT molecular complexity index is 438. The van der Waals surface area contributed by atoms with Gasteiger partial charge in [0.15, 0.2) is 5.65 Å². The van der Waals surface area contributed by atoms with Crippen LogP contribution in [0.5, 0.6) is 0 Å². The molecule has 0 aromatic carbocycles. The maximum absolute atomic E-state index is 5.70. The molecule has 0 fully saturated rings. The monoisotopic (exact) mass is 246 g/mol. The molecule has 0 bridgehead atoms. The van der Waals surface area contributed by atoms with E-state index in [0.717, 1.165) is 4.47 Å². The first kappa shape index (κ1) is 7.82. The zero-order valence-corrected chi connectivity index (χ0v) is 8.17. The van der Waals surface area contributed by atoms with Crippen molar-refractivity contribution in [3.8, 4) is 0 Å². The minimum Gasteiger partial charge on any atom is -0.383 e. The van der Waals surface area contributed by atoms with Crippen LogP contribution in [0.4, 0.5) is 5.82 Å². The van der Waals surface area contributed by atoms with E-state index in [1.165, 1.54) is 4.52 Å². The van der Waals surface area contributed by atoms with E-state index in [1.807, 2.05) is 0 Å². The van der Waals surface area contributed by atoms with Crippen molar-refractivity contribution >= 4 is 39.0 Å². The van der Waals surface area contributed by atoms with Crippen LogP contribution in [0.1, 0.15) is 0 Å². The van der Waals surface area contributed by atoms with Gasteiger partial charge < -0.3 is 5.73 Å². The van der Waals surface area contributed by atoms with Gasteiger partial charge in [-0.2, -0.15) is 9.61 Å². The fraction of sp³-hybridized carbons (Fsp3) is 0. The topological polar surface area (TPSA) is 56.2 Å². The molecule has 0 unspecified atom stereocenters. The second-order valence-electron chi connectivity index (χ2n) is 2.23. The Labute approximate surface area is 81.5 Å². The molecule has 0 radical (unpaired) electrons. The number of anilines is 1. The lowest BCUT2D eigenvalue weighted by atomic mass is 10.5. The van der Waals surface area contributed by atoms with Crippen LogP contribution in [0.2, 0.25) is 5.15 Å². The van der Waals surface area contributed by atoms with Gasteiger partial charge in [-0.3, -0.25) is 0 Å². The number of nitrogen functional groups attached to an aromatic ring is 1. The molecule has 12 heavy (non-hydrogen) atoms. The maximum atomic E-state index is 5.70. The van der Waals surface area contributed by atoms with Gasteiger partial charge in [0.25, 0.3) is 0 Å². The normalized spacial score (nSPS) is 10.8. The Morgan fingerprint density at radius 2 is 2.33 bits per heavy atom. The fourth-order valence-electron chi connectivity index (χ4n) is 0.928. The summed E-state index contributed by atoms with van der Waals surface area (Å²) in [6.45, 7) is 0. The number of rotatable bonds is 0. The molecule has 62 valence electrons. The molecule has 0 aliphatic rings. The van der Waals surface area contributed by atoms with Crippen molar-refractivity contribution < 1.29 is 0 Å². The molecule has 0 saturated carbocycles. The number of hydrogen-bond acceptors (Lipinski definition) is 3. The molecule has 0 atom stereocenters. The molecule has 2 aromatic rings. The number of hydrogen-bond donors (Lipinski definition) is 1. The highest BCUT2D eigenvalue weighted by molar-refractivity contribution is 9.10. The standard InChI is InChI=1S/C6H4BrClN4/c7-3-2-10-12-5(9)1-4(8)11-6(3)12/h1-2H,9H2. The second kappa shape index (κ2) is 2.60. The van der Waals surface area contributed by atoms with Crippen LogP contribution in [0.15, 0.2) is 16.7 Å². The highest BCUT2D eigenvalue weighted by Crippen LogP contribution is 2.20. The Kier molecular flexibility index (Phi) is 1.69. The molecule has 0 saturated heterocycles. The van der Waals surface area contributed by atoms with Crippen LogP contribution in [0.3, 0.4) is 0 Å². The molecule has 4 nitrogen and oxygen atoms in total. The Balaban J connectivity index is 2.92. The quantitative estimate of drug-likeness (QED) is 0.721. The maximum Gasteiger partial charge on any atom is 0.173 e. The number of fused-ring (bicyclic) bond motifs is 1. The summed E-state index contributed by atoms with van der Waals surface area (Å²) in [7, 11) is 0. The lowest BCUT2D eigenvalue weighted by Crippen LogP contribution is -1.99. The third kappa shape index (κ3) is 1.05. The molecule has 2 heterocycles. The summed E-state index contributed by atoms with van der Waals surface area (Å²) in [6, 6.07) is 1.55. The van der Waals surface area contributed by atoms with E-state index >= 15 is 0 Å². The summed E-state index contributed by atoms with van der Waals surface area (Å²) in [5.74, 6) is 0.468. The van der Waals surface area contributed by atoms with Crippen molar-refractivity contribution in [2.45, 2.75) is 0 Å². The van der Waals surface area contributed by atoms with Gasteiger partial charge in [-0.1, -0.05) is 11.6 Å². The Morgan fingerprint density at radius 1 is 1.58 bits per heavy atom. The summed E-state index contributed by atoms with van der Waals surface area (Å²) in [4.78, 5) is 4.04. The predicted octanol–water partition coefficient (Wildman–Crippen LogP) is 1.73. The van der Waals surface area contributed by atoms with E-state index in [1.54, 1.807) is 12.3 Å². The molecule has 2 rings (SSSR count). The van der Waals surface area contributed by atoms with Gasteiger partial charge in [-0.05, 0) is 15.9 Å². The van der Waals surface area contributed by atoms with Crippen LogP contribution >= 0.6 is 27.5 Å². The first-order valence-corrected chi connectivity index (χ1v) is 4.31. The first-order valence-electron chi connectivity index (χ1n) is 3.14. The molecule has 6 heteroatoms. The van der Waals surface area contributed by atoms with Gasteiger partial charge in [-0.25, -0.2) is 4.98 Å². The van der Waals surface area contributed by atoms with Crippen LogP contribution in [-0.4, -0.2) is 14.6 Å². The molecule has 2 aromatic heterocycles. The van der Waals surface area contributed by atoms with E-state index in [-0.39, 0.29) is 0 Å². The van der Waals surface area contributed by atoms with E-state index in [4.69, 9.17) is 17.3 Å². The van der Waals surface area contributed by atoms with Gasteiger partial charge >= 0.3 is 0 Å². The lowest BCUT2D eigenvalue weighted by molar-refractivity contribution is 0.952. The van der Waals surface area contributed by atoms with Crippen molar-refractivity contribution in [2.24, 2.45) is 0 Å². The third-order valence-electron chi connectivity index (χ3n) is 1.43. The zero-order valence-electron chi connectivity index (χ0n) is 5.83. The molecule has 0 amide bonds. The van der Waals surface area contributed by atoms with Crippen LogP contribution < -0.4 is 5.73 Å². The summed E-state index contributed by atoms with van der Waals surface area (Å²) in [5.41, 5.74) is 6.25. The number of halogens is 2. The van der Waals surface area contributed by atoms with Crippen molar-refractivity contribution in [3.05, 3.63) is 21.9 Å². The first-order chi connectivity index (χ1) is 5.68. The average molecular weight is 247 g/mol. The molecule has 0 aliphatic heterocycles. The predicted molar refractivity (Wildman–Crippen MR) is 50.1 cm³/mol. The SMILES string of the molecule is Nc1cc(Cl)nc2c(Br)cnn12. The molecule has 0 spiro atoms. The Hall–Kier alpha value is -0.810. The van der Waals surface area contributed by atoms with E-state index in [9.17, 15) is 0 Å². The van der Waals surface area contributed by atoms with Gasteiger partial charge in [0.1, 0.15) is 11.0 Å². The van der Waals surface area contributed by atoms with Crippen LogP contribution in [0, 0.1) is 0 Å². The van der Waals surface area contributed by atoms with Crippen LogP contribution in [-0.2, 0) is 0 Å². The van der Waals surface area contributed by atoms with E-state index in [2.05, 4.69) is 26.0 Å². The minimum absolute atomic E-state index is 0.362. The van der Waals surface area contributed by atoms with E-state index in [0.29, 0.717) is 16.6 Å². The van der Waals surface area contributed by atoms with Crippen molar-refractivity contribution in [2.75, 3.05) is 5.73 Å². The van der Waals surface area contributed by atoms with Crippen molar-refractivity contribution in [1.29, 1.82) is 0 Å².